The lowest BCUT2D eigenvalue weighted by molar-refractivity contribution is -0.131. The van der Waals surface area contributed by atoms with Crippen LogP contribution in [0.15, 0.2) is 30.4 Å². The van der Waals surface area contributed by atoms with Gasteiger partial charge >= 0.3 is 5.97 Å². The summed E-state index contributed by atoms with van der Waals surface area (Å²) in [7, 11) is 0. The van der Waals surface area contributed by atoms with Gasteiger partial charge in [-0.05, 0) is 18.2 Å². The van der Waals surface area contributed by atoms with E-state index in [0.29, 0.717) is 5.02 Å². The zero-order valence-electron chi connectivity index (χ0n) is 7.65. The normalized spacial score (nSPS) is 13.0. The van der Waals surface area contributed by atoms with E-state index < -0.39 is 17.8 Å². The van der Waals surface area contributed by atoms with Gasteiger partial charge < -0.3 is 10.8 Å². The summed E-state index contributed by atoms with van der Waals surface area (Å²) in [5.74, 6) is -1.64. The Bertz CT molecular complexity index is 406. The predicted octanol–water partition coefficient (Wildman–Crippen LogP) is 2.12. The lowest BCUT2D eigenvalue weighted by atomic mass is 10.1. The fraction of sp³-hybridized carbons (Fsp3) is 0.100. The summed E-state index contributed by atoms with van der Waals surface area (Å²) in [4.78, 5) is 10.2. The first kappa shape index (κ1) is 11.7. The molecule has 1 aromatic rings. The van der Waals surface area contributed by atoms with E-state index in [1.165, 1.54) is 24.3 Å². The van der Waals surface area contributed by atoms with Crippen LogP contribution < -0.4 is 5.73 Å². The van der Waals surface area contributed by atoms with Crippen LogP contribution >= 0.6 is 11.6 Å². The summed E-state index contributed by atoms with van der Waals surface area (Å²) in [6.07, 6.45) is 2.06. The molecule has 1 atom stereocenters. The molecule has 0 amide bonds. The van der Waals surface area contributed by atoms with Gasteiger partial charge in [-0.25, -0.2) is 9.18 Å². The smallest absolute Gasteiger partial charge is 0.328 e. The first-order valence-corrected chi connectivity index (χ1v) is 4.50. The Morgan fingerprint density at radius 3 is 2.87 bits per heavy atom. The molecular weight excluding hydrogens is 221 g/mol. The maximum absolute atomic E-state index is 13.2. The van der Waals surface area contributed by atoms with Crippen molar-refractivity contribution in [3.8, 4) is 0 Å². The summed E-state index contributed by atoms with van der Waals surface area (Å²) in [5, 5.41) is 8.72. The number of hydrogen-bond acceptors (Lipinski definition) is 2. The van der Waals surface area contributed by atoms with Crippen LogP contribution in [0.5, 0.6) is 0 Å². The molecule has 1 rings (SSSR count). The molecule has 3 nitrogen and oxygen atoms in total. The average Bonchev–Trinajstić information content (AvgIpc) is 2.18. The highest BCUT2D eigenvalue weighted by molar-refractivity contribution is 6.30. The second-order valence-corrected chi connectivity index (χ2v) is 3.33. The Morgan fingerprint density at radius 2 is 2.27 bits per heavy atom. The van der Waals surface area contributed by atoms with Crippen molar-refractivity contribution in [3.05, 3.63) is 46.8 Å². The monoisotopic (exact) mass is 229 g/mol. The Morgan fingerprint density at radius 1 is 1.60 bits per heavy atom. The first-order valence-electron chi connectivity index (χ1n) is 4.12. The standard InChI is InChI=1S/C10H9ClFNO2/c11-6-1-2-8(12)7(5-6)9(13)3-4-10(14)15/h1-5,9H,13H2,(H,14,15)/b4-3+. The molecule has 0 aliphatic rings. The molecule has 0 bridgehead atoms. The van der Waals surface area contributed by atoms with Gasteiger partial charge in [0.2, 0.25) is 0 Å². The van der Waals surface area contributed by atoms with Gasteiger partial charge in [0.1, 0.15) is 5.82 Å². The van der Waals surface area contributed by atoms with Crippen molar-refractivity contribution in [1.82, 2.24) is 0 Å². The fourth-order valence-corrected chi connectivity index (χ4v) is 1.24. The molecule has 0 spiro atoms. The van der Waals surface area contributed by atoms with Crippen molar-refractivity contribution < 1.29 is 14.3 Å². The molecule has 0 heterocycles. The van der Waals surface area contributed by atoms with Crippen molar-refractivity contribution in [2.24, 2.45) is 5.73 Å². The third-order valence-electron chi connectivity index (χ3n) is 1.76. The van der Waals surface area contributed by atoms with Crippen molar-refractivity contribution in [1.29, 1.82) is 0 Å². The molecule has 0 saturated carbocycles. The van der Waals surface area contributed by atoms with Crippen LogP contribution in [0.3, 0.4) is 0 Å². The minimum Gasteiger partial charge on any atom is -0.478 e. The van der Waals surface area contributed by atoms with E-state index >= 15 is 0 Å². The number of hydrogen-bond donors (Lipinski definition) is 2. The van der Waals surface area contributed by atoms with E-state index in [-0.39, 0.29) is 5.56 Å². The SMILES string of the molecule is NC(/C=C/C(=O)O)c1cc(Cl)ccc1F. The van der Waals surface area contributed by atoms with Gasteiger partial charge in [-0.2, -0.15) is 0 Å². The van der Waals surface area contributed by atoms with Gasteiger partial charge in [0.25, 0.3) is 0 Å². The van der Waals surface area contributed by atoms with E-state index in [1.807, 2.05) is 0 Å². The molecule has 5 heteroatoms. The summed E-state index contributed by atoms with van der Waals surface area (Å²) >= 11 is 5.66. The molecule has 80 valence electrons. The Labute approximate surface area is 91.0 Å². The molecule has 0 saturated heterocycles. The van der Waals surface area contributed by atoms with Crippen LogP contribution in [0.4, 0.5) is 4.39 Å². The van der Waals surface area contributed by atoms with Crippen LogP contribution in [0, 0.1) is 5.82 Å². The number of carbonyl (C=O) groups is 1. The Balaban J connectivity index is 2.95. The van der Waals surface area contributed by atoms with E-state index in [4.69, 9.17) is 22.4 Å². The lowest BCUT2D eigenvalue weighted by Crippen LogP contribution is -2.09. The number of aliphatic carboxylic acids is 1. The molecular formula is C10H9ClFNO2. The van der Waals surface area contributed by atoms with Crippen LogP contribution in [0.2, 0.25) is 5.02 Å². The minimum absolute atomic E-state index is 0.167. The zero-order valence-corrected chi connectivity index (χ0v) is 8.41. The largest absolute Gasteiger partial charge is 0.478 e. The van der Waals surface area contributed by atoms with Gasteiger partial charge in [-0.15, -0.1) is 0 Å². The maximum Gasteiger partial charge on any atom is 0.328 e. The number of benzene rings is 1. The molecule has 1 aromatic carbocycles. The maximum atomic E-state index is 13.2. The van der Waals surface area contributed by atoms with E-state index in [2.05, 4.69) is 0 Å². The van der Waals surface area contributed by atoms with Crippen LogP contribution in [-0.4, -0.2) is 11.1 Å². The second kappa shape index (κ2) is 4.91. The number of nitrogens with two attached hydrogens (primary N) is 1. The predicted molar refractivity (Wildman–Crippen MR) is 55.1 cm³/mol. The molecule has 3 N–H and O–H groups in total. The van der Waals surface area contributed by atoms with E-state index in [0.717, 1.165) is 6.08 Å². The molecule has 15 heavy (non-hydrogen) atoms. The molecule has 0 aliphatic heterocycles. The Kier molecular flexibility index (Phi) is 3.82. The second-order valence-electron chi connectivity index (χ2n) is 2.89. The molecule has 0 radical (unpaired) electrons. The van der Waals surface area contributed by atoms with Gasteiger partial charge in [0, 0.05) is 16.7 Å². The zero-order chi connectivity index (χ0) is 11.4. The highest BCUT2D eigenvalue weighted by atomic mass is 35.5. The van der Waals surface area contributed by atoms with Gasteiger partial charge in [-0.3, -0.25) is 0 Å². The average molecular weight is 230 g/mol. The van der Waals surface area contributed by atoms with Gasteiger partial charge in [-0.1, -0.05) is 17.7 Å². The highest BCUT2D eigenvalue weighted by Gasteiger charge is 2.09. The van der Waals surface area contributed by atoms with Crippen molar-refractivity contribution in [2.45, 2.75) is 6.04 Å². The van der Waals surface area contributed by atoms with Crippen LogP contribution in [0.25, 0.3) is 0 Å². The van der Waals surface area contributed by atoms with Crippen molar-refractivity contribution >= 4 is 17.6 Å². The number of carboxylic acids is 1. The lowest BCUT2D eigenvalue weighted by Gasteiger charge is -2.08. The molecule has 0 aromatic heterocycles. The minimum atomic E-state index is -1.13. The van der Waals surface area contributed by atoms with E-state index in [1.54, 1.807) is 0 Å². The van der Waals surface area contributed by atoms with Crippen molar-refractivity contribution in [3.63, 3.8) is 0 Å². The number of halogens is 2. The quantitative estimate of drug-likeness (QED) is 0.781. The molecule has 0 fully saturated rings. The van der Waals surface area contributed by atoms with Gasteiger partial charge in [0.15, 0.2) is 0 Å². The van der Waals surface area contributed by atoms with E-state index in [9.17, 15) is 9.18 Å². The number of rotatable bonds is 3. The summed E-state index contributed by atoms with van der Waals surface area (Å²) in [6, 6.07) is 3.13. The van der Waals surface area contributed by atoms with Crippen molar-refractivity contribution in [2.75, 3.05) is 0 Å². The highest BCUT2D eigenvalue weighted by Crippen LogP contribution is 2.20. The molecule has 0 aliphatic carbocycles. The molecule has 1 unspecified atom stereocenters. The van der Waals surface area contributed by atoms with Crippen LogP contribution in [0.1, 0.15) is 11.6 Å². The third-order valence-corrected chi connectivity index (χ3v) is 2.00. The third kappa shape index (κ3) is 3.34. The Hall–Kier alpha value is -1.39. The fourth-order valence-electron chi connectivity index (χ4n) is 1.06. The summed E-state index contributed by atoms with van der Waals surface area (Å²) in [6.45, 7) is 0. The van der Waals surface area contributed by atoms with Gasteiger partial charge in [0.05, 0.1) is 6.04 Å². The summed E-state index contributed by atoms with van der Waals surface area (Å²) in [5.41, 5.74) is 5.73. The number of carboxylic acid groups (broad SMARTS) is 1. The van der Waals surface area contributed by atoms with Crippen LogP contribution in [-0.2, 0) is 4.79 Å². The summed E-state index contributed by atoms with van der Waals surface area (Å²) < 4.78 is 13.2. The first-order chi connectivity index (χ1) is 7.00. The topological polar surface area (TPSA) is 63.3 Å².